The molecule has 0 aliphatic carbocycles. The molecular formula is C15H17N3. The number of nitrogen functional groups attached to an aromatic ring is 1. The average Bonchev–Trinajstić information content (AvgIpc) is 2.37. The Morgan fingerprint density at radius 1 is 0.889 bits per heavy atom. The number of hydrogen-bond acceptors (Lipinski definition) is 3. The van der Waals surface area contributed by atoms with E-state index in [1.54, 1.807) is 0 Å². The van der Waals surface area contributed by atoms with Gasteiger partial charge >= 0.3 is 0 Å². The summed E-state index contributed by atoms with van der Waals surface area (Å²) in [5, 5.41) is 8.49. The standard InChI is InChI=1S/C15H17N3/c1-10-9-11(2)15(14(16)12(10)3)18-17-13-7-5-4-6-8-13/h4-9H,16H2,1-3H3. The number of hydrogen-bond donors (Lipinski definition) is 1. The zero-order valence-corrected chi connectivity index (χ0v) is 10.9. The first kappa shape index (κ1) is 12.3. The van der Waals surface area contributed by atoms with E-state index in [-0.39, 0.29) is 0 Å². The van der Waals surface area contributed by atoms with Gasteiger partial charge < -0.3 is 5.73 Å². The first-order chi connectivity index (χ1) is 8.59. The predicted octanol–water partition coefficient (Wildman–Crippen LogP) is 4.61. The molecule has 0 spiro atoms. The third-order valence-corrected chi connectivity index (χ3v) is 3.08. The molecule has 0 aromatic heterocycles. The fraction of sp³-hybridized carbons (Fsp3) is 0.200. The highest BCUT2D eigenvalue weighted by Gasteiger charge is 2.08. The molecule has 0 amide bonds. The molecule has 0 saturated carbocycles. The highest BCUT2D eigenvalue weighted by Crippen LogP contribution is 2.33. The van der Waals surface area contributed by atoms with Gasteiger partial charge in [-0.2, -0.15) is 5.11 Å². The van der Waals surface area contributed by atoms with Crippen LogP contribution in [0.4, 0.5) is 17.1 Å². The Morgan fingerprint density at radius 3 is 2.22 bits per heavy atom. The molecule has 0 radical (unpaired) electrons. The second-order valence-corrected chi connectivity index (χ2v) is 4.43. The van der Waals surface area contributed by atoms with Gasteiger partial charge in [0.15, 0.2) is 0 Å². The third kappa shape index (κ3) is 2.40. The van der Waals surface area contributed by atoms with Crippen LogP contribution >= 0.6 is 0 Å². The van der Waals surface area contributed by atoms with E-state index in [1.165, 1.54) is 5.56 Å². The van der Waals surface area contributed by atoms with Gasteiger partial charge in [-0.3, -0.25) is 0 Å². The molecule has 0 fully saturated rings. The van der Waals surface area contributed by atoms with Crippen molar-refractivity contribution in [3.63, 3.8) is 0 Å². The van der Waals surface area contributed by atoms with E-state index in [0.29, 0.717) is 5.69 Å². The average molecular weight is 239 g/mol. The molecule has 3 nitrogen and oxygen atoms in total. The summed E-state index contributed by atoms with van der Waals surface area (Å²) in [6.45, 7) is 6.06. The SMILES string of the molecule is Cc1cc(C)c(N=Nc2ccccc2)c(N)c1C. The Bertz CT molecular complexity index is 586. The number of aryl methyl sites for hydroxylation is 2. The number of nitrogens with two attached hydrogens (primary N) is 1. The van der Waals surface area contributed by atoms with Crippen LogP contribution in [0.2, 0.25) is 0 Å². The lowest BCUT2D eigenvalue weighted by Crippen LogP contribution is -1.94. The zero-order chi connectivity index (χ0) is 13.1. The van der Waals surface area contributed by atoms with Crippen LogP contribution < -0.4 is 5.73 Å². The van der Waals surface area contributed by atoms with E-state index in [2.05, 4.69) is 23.2 Å². The lowest BCUT2D eigenvalue weighted by molar-refractivity contribution is 1.19. The first-order valence-electron chi connectivity index (χ1n) is 5.92. The number of anilines is 1. The summed E-state index contributed by atoms with van der Waals surface area (Å²) in [5.41, 5.74) is 11.7. The van der Waals surface area contributed by atoms with Crippen LogP contribution in [0.5, 0.6) is 0 Å². The lowest BCUT2D eigenvalue weighted by Gasteiger charge is -2.09. The van der Waals surface area contributed by atoms with E-state index in [9.17, 15) is 0 Å². The van der Waals surface area contributed by atoms with Gasteiger partial charge in [0.1, 0.15) is 5.69 Å². The highest BCUT2D eigenvalue weighted by atomic mass is 15.1. The Morgan fingerprint density at radius 2 is 1.56 bits per heavy atom. The molecule has 0 atom stereocenters. The smallest absolute Gasteiger partial charge is 0.112 e. The molecule has 2 rings (SSSR count). The summed E-state index contributed by atoms with van der Waals surface area (Å²) in [6, 6.07) is 11.7. The summed E-state index contributed by atoms with van der Waals surface area (Å²) < 4.78 is 0. The van der Waals surface area contributed by atoms with E-state index in [4.69, 9.17) is 5.73 Å². The highest BCUT2D eigenvalue weighted by molar-refractivity contribution is 5.71. The van der Waals surface area contributed by atoms with Gasteiger partial charge in [0.05, 0.1) is 11.4 Å². The monoisotopic (exact) mass is 239 g/mol. The normalized spacial score (nSPS) is 11.1. The molecule has 0 heterocycles. The van der Waals surface area contributed by atoms with Gasteiger partial charge in [0.25, 0.3) is 0 Å². The molecule has 0 bridgehead atoms. The fourth-order valence-corrected chi connectivity index (χ4v) is 1.84. The van der Waals surface area contributed by atoms with Crippen molar-refractivity contribution in [1.82, 2.24) is 0 Å². The Kier molecular flexibility index (Phi) is 3.42. The maximum Gasteiger partial charge on any atom is 0.112 e. The van der Waals surface area contributed by atoms with Crippen molar-refractivity contribution in [2.24, 2.45) is 10.2 Å². The molecule has 2 aromatic carbocycles. The van der Waals surface area contributed by atoms with Crippen LogP contribution in [0.15, 0.2) is 46.6 Å². The number of rotatable bonds is 2. The van der Waals surface area contributed by atoms with Crippen LogP contribution in [-0.4, -0.2) is 0 Å². The van der Waals surface area contributed by atoms with Gasteiger partial charge in [-0.1, -0.05) is 24.3 Å². The summed E-state index contributed by atoms with van der Waals surface area (Å²) in [4.78, 5) is 0. The second kappa shape index (κ2) is 5.00. The lowest BCUT2D eigenvalue weighted by atomic mass is 10.0. The summed E-state index contributed by atoms with van der Waals surface area (Å²) >= 11 is 0. The van der Waals surface area contributed by atoms with E-state index in [0.717, 1.165) is 22.5 Å². The van der Waals surface area contributed by atoms with Gasteiger partial charge in [0, 0.05) is 0 Å². The molecular weight excluding hydrogens is 222 g/mol. The molecule has 0 unspecified atom stereocenters. The minimum Gasteiger partial charge on any atom is -0.397 e. The zero-order valence-electron chi connectivity index (χ0n) is 10.9. The Labute approximate surface area is 107 Å². The molecule has 0 aliphatic heterocycles. The van der Waals surface area contributed by atoms with Crippen molar-refractivity contribution >= 4 is 17.1 Å². The van der Waals surface area contributed by atoms with Crippen molar-refractivity contribution in [2.75, 3.05) is 5.73 Å². The summed E-state index contributed by atoms with van der Waals surface area (Å²) in [7, 11) is 0. The molecule has 2 aromatic rings. The van der Waals surface area contributed by atoms with Crippen molar-refractivity contribution in [3.8, 4) is 0 Å². The van der Waals surface area contributed by atoms with Gasteiger partial charge in [-0.15, -0.1) is 5.11 Å². The van der Waals surface area contributed by atoms with Gasteiger partial charge in [-0.25, -0.2) is 0 Å². The minimum atomic E-state index is 0.715. The van der Waals surface area contributed by atoms with E-state index >= 15 is 0 Å². The minimum absolute atomic E-state index is 0.715. The largest absolute Gasteiger partial charge is 0.397 e. The topological polar surface area (TPSA) is 50.7 Å². The van der Waals surface area contributed by atoms with Crippen molar-refractivity contribution in [3.05, 3.63) is 53.1 Å². The second-order valence-electron chi connectivity index (χ2n) is 4.43. The van der Waals surface area contributed by atoms with E-state index in [1.807, 2.05) is 44.2 Å². The van der Waals surface area contributed by atoms with Crippen molar-refractivity contribution in [1.29, 1.82) is 0 Å². The van der Waals surface area contributed by atoms with Gasteiger partial charge in [-0.05, 0) is 49.6 Å². The number of nitrogens with zero attached hydrogens (tertiary/aromatic N) is 2. The Hall–Kier alpha value is -2.16. The first-order valence-corrected chi connectivity index (χ1v) is 5.92. The maximum absolute atomic E-state index is 6.09. The summed E-state index contributed by atoms with van der Waals surface area (Å²) in [6.07, 6.45) is 0. The van der Waals surface area contributed by atoms with Crippen molar-refractivity contribution < 1.29 is 0 Å². The third-order valence-electron chi connectivity index (χ3n) is 3.08. The van der Waals surface area contributed by atoms with Crippen LogP contribution in [0.3, 0.4) is 0 Å². The van der Waals surface area contributed by atoms with Crippen LogP contribution in [0, 0.1) is 20.8 Å². The fourth-order valence-electron chi connectivity index (χ4n) is 1.84. The summed E-state index contributed by atoms with van der Waals surface area (Å²) in [5.74, 6) is 0. The van der Waals surface area contributed by atoms with Crippen molar-refractivity contribution in [2.45, 2.75) is 20.8 Å². The maximum atomic E-state index is 6.09. The van der Waals surface area contributed by atoms with Crippen LogP contribution in [0.1, 0.15) is 16.7 Å². The van der Waals surface area contributed by atoms with Crippen LogP contribution in [-0.2, 0) is 0 Å². The van der Waals surface area contributed by atoms with Crippen LogP contribution in [0.25, 0.3) is 0 Å². The number of azo groups is 1. The molecule has 3 heteroatoms. The number of benzene rings is 2. The van der Waals surface area contributed by atoms with Gasteiger partial charge in [0.2, 0.25) is 0 Å². The molecule has 18 heavy (non-hydrogen) atoms. The van der Waals surface area contributed by atoms with E-state index < -0.39 is 0 Å². The quantitative estimate of drug-likeness (QED) is 0.603. The molecule has 2 N–H and O–H groups in total. The molecule has 92 valence electrons. The molecule has 0 aliphatic rings. The Balaban J connectivity index is 2.41. The predicted molar refractivity (Wildman–Crippen MR) is 75.7 cm³/mol. The molecule has 0 saturated heterocycles.